The number of amides is 1. The van der Waals surface area contributed by atoms with E-state index in [1.807, 2.05) is 0 Å². The monoisotopic (exact) mass is 389 g/mol. The molecule has 1 N–H and O–H groups in total. The molecule has 0 aliphatic heterocycles. The maximum Gasteiger partial charge on any atom is 0.234 e. The number of halogens is 2. The zero-order valence-corrected chi connectivity index (χ0v) is 15.2. The first-order valence-electron chi connectivity index (χ1n) is 6.43. The maximum absolute atomic E-state index is 11.9. The van der Waals surface area contributed by atoms with Gasteiger partial charge in [-0.2, -0.15) is 0 Å². The maximum atomic E-state index is 11.9. The van der Waals surface area contributed by atoms with Gasteiger partial charge in [-0.3, -0.25) is 4.79 Å². The zero-order chi connectivity index (χ0) is 17.0. The van der Waals surface area contributed by atoms with Gasteiger partial charge in [-0.05, 0) is 42.5 Å². The van der Waals surface area contributed by atoms with Crippen molar-refractivity contribution in [1.29, 1.82) is 0 Å². The fourth-order valence-corrected chi connectivity index (χ4v) is 3.64. The van der Waals surface area contributed by atoms with Crippen LogP contribution in [-0.2, 0) is 14.6 Å². The van der Waals surface area contributed by atoms with E-state index in [1.165, 1.54) is 23.9 Å². The second-order valence-corrected chi connectivity index (χ2v) is 8.58. The predicted octanol–water partition coefficient (Wildman–Crippen LogP) is 4.13. The first-order valence-corrected chi connectivity index (χ1v) is 10.1. The number of rotatable bonds is 5. The Morgan fingerprint density at radius 2 is 1.78 bits per heavy atom. The Morgan fingerprint density at radius 3 is 2.39 bits per heavy atom. The lowest BCUT2D eigenvalue weighted by atomic mass is 10.3. The highest BCUT2D eigenvalue weighted by molar-refractivity contribution is 8.00. The Morgan fingerprint density at radius 1 is 1.13 bits per heavy atom. The second-order valence-electron chi connectivity index (χ2n) is 4.71. The summed E-state index contributed by atoms with van der Waals surface area (Å²) in [6.07, 6.45) is 1.13. The van der Waals surface area contributed by atoms with Gasteiger partial charge in [-0.25, -0.2) is 8.42 Å². The lowest BCUT2D eigenvalue weighted by molar-refractivity contribution is -0.113. The molecule has 4 nitrogen and oxygen atoms in total. The van der Waals surface area contributed by atoms with Crippen molar-refractivity contribution >= 4 is 56.4 Å². The van der Waals surface area contributed by atoms with E-state index in [9.17, 15) is 13.2 Å². The van der Waals surface area contributed by atoms with Gasteiger partial charge in [0.25, 0.3) is 0 Å². The van der Waals surface area contributed by atoms with Crippen LogP contribution in [0.3, 0.4) is 0 Å². The summed E-state index contributed by atoms with van der Waals surface area (Å²) >= 11 is 13.2. The minimum absolute atomic E-state index is 0.161. The number of carbonyl (C=O) groups is 1. The van der Waals surface area contributed by atoms with Crippen LogP contribution in [0, 0.1) is 0 Å². The molecule has 23 heavy (non-hydrogen) atoms. The molecule has 0 aromatic heterocycles. The molecule has 0 atom stereocenters. The average molecular weight is 390 g/mol. The molecule has 0 radical (unpaired) electrons. The Labute approximate surface area is 149 Å². The summed E-state index contributed by atoms with van der Waals surface area (Å²) in [5.41, 5.74) is 0.528. The summed E-state index contributed by atoms with van der Waals surface area (Å²) in [6, 6.07) is 11.0. The quantitative estimate of drug-likeness (QED) is 0.780. The summed E-state index contributed by atoms with van der Waals surface area (Å²) < 4.78 is 22.7. The number of benzene rings is 2. The average Bonchev–Trinajstić information content (AvgIpc) is 2.48. The molecule has 2 rings (SSSR count). The Balaban J connectivity index is 1.96. The third kappa shape index (κ3) is 5.42. The number of hydrogen-bond donors (Lipinski definition) is 1. The number of hydrogen-bond acceptors (Lipinski definition) is 4. The van der Waals surface area contributed by atoms with E-state index < -0.39 is 9.84 Å². The van der Waals surface area contributed by atoms with Crippen molar-refractivity contribution in [3.63, 3.8) is 0 Å². The van der Waals surface area contributed by atoms with E-state index in [2.05, 4.69) is 5.32 Å². The van der Waals surface area contributed by atoms with Crippen LogP contribution in [0.1, 0.15) is 0 Å². The number of sulfone groups is 1. The van der Waals surface area contributed by atoms with Crippen molar-refractivity contribution in [1.82, 2.24) is 0 Å². The van der Waals surface area contributed by atoms with Gasteiger partial charge in [0.15, 0.2) is 9.84 Å². The van der Waals surface area contributed by atoms with Gasteiger partial charge in [0.1, 0.15) is 0 Å². The number of carbonyl (C=O) groups excluding carboxylic acids is 1. The van der Waals surface area contributed by atoms with Crippen LogP contribution in [0.2, 0.25) is 10.0 Å². The minimum Gasteiger partial charge on any atom is -0.325 e. The molecule has 0 saturated carbocycles. The van der Waals surface area contributed by atoms with Crippen molar-refractivity contribution in [2.75, 3.05) is 17.3 Å². The molecule has 0 saturated heterocycles. The summed E-state index contributed by atoms with van der Waals surface area (Å²) in [4.78, 5) is 12.9. The summed E-state index contributed by atoms with van der Waals surface area (Å²) in [6.45, 7) is 0. The predicted molar refractivity (Wildman–Crippen MR) is 95.4 cm³/mol. The first-order chi connectivity index (χ1) is 10.8. The van der Waals surface area contributed by atoms with Crippen LogP contribution in [-0.4, -0.2) is 26.3 Å². The fourth-order valence-electron chi connectivity index (χ4n) is 1.71. The third-order valence-corrected chi connectivity index (χ3v) is 5.68. The highest BCUT2D eigenvalue weighted by Crippen LogP contribution is 2.29. The van der Waals surface area contributed by atoms with E-state index in [0.29, 0.717) is 15.7 Å². The molecule has 122 valence electrons. The zero-order valence-electron chi connectivity index (χ0n) is 12.0. The standard InChI is InChI=1S/C15H13Cl2NO3S2/c1-23(20,21)12-5-3-11(4-6-12)18-15(19)9-22-14-8-10(16)2-7-13(14)17/h2-8H,9H2,1H3,(H,18,19). The number of nitrogens with one attached hydrogen (secondary N) is 1. The minimum atomic E-state index is -3.25. The van der Waals surface area contributed by atoms with Gasteiger partial charge >= 0.3 is 0 Å². The van der Waals surface area contributed by atoms with Crippen molar-refractivity contribution in [2.24, 2.45) is 0 Å². The van der Waals surface area contributed by atoms with Crippen molar-refractivity contribution < 1.29 is 13.2 Å². The Kier molecular flexibility index (Phi) is 5.97. The topological polar surface area (TPSA) is 63.2 Å². The van der Waals surface area contributed by atoms with Gasteiger partial charge in [0.05, 0.1) is 15.7 Å². The SMILES string of the molecule is CS(=O)(=O)c1ccc(NC(=O)CSc2cc(Cl)ccc2Cl)cc1. The van der Waals surface area contributed by atoms with E-state index in [0.717, 1.165) is 11.2 Å². The smallest absolute Gasteiger partial charge is 0.234 e. The number of anilines is 1. The third-order valence-electron chi connectivity index (χ3n) is 2.82. The van der Waals surface area contributed by atoms with Crippen molar-refractivity contribution in [3.05, 3.63) is 52.5 Å². The van der Waals surface area contributed by atoms with Crippen molar-refractivity contribution in [2.45, 2.75) is 9.79 Å². The lowest BCUT2D eigenvalue weighted by Crippen LogP contribution is -2.14. The molecular formula is C15H13Cl2NO3S2. The van der Waals surface area contributed by atoms with Gasteiger partial charge in [-0.15, -0.1) is 11.8 Å². The Hall–Kier alpha value is -1.21. The molecular weight excluding hydrogens is 377 g/mol. The van der Waals surface area contributed by atoms with Crippen molar-refractivity contribution in [3.8, 4) is 0 Å². The van der Waals surface area contributed by atoms with Gasteiger partial charge in [0, 0.05) is 21.9 Å². The first kappa shape index (κ1) is 18.1. The molecule has 8 heteroatoms. The number of thioether (sulfide) groups is 1. The normalized spacial score (nSPS) is 11.3. The molecule has 0 spiro atoms. The summed E-state index contributed by atoms with van der Waals surface area (Å²) in [5, 5.41) is 3.78. The Bertz CT molecular complexity index is 821. The molecule has 0 fully saturated rings. The molecule has 0 unspecified atom stereocenters. The highest BCUT2D eigenvalue weighted by atomic mass is 35.5. The van der Waals surface area contributed by atoms with Gasteiger partial charge in [-0.1, -0.05) is 23.2 Å². The van der Waals surface area contributed by atoms with E-state index in [4.69, 9.17) is 23.2 Å². The molecule has 2 aromatic carbocycles. The van der Waals surface area contributed by atoms with Crippen LogP contribution in [0.25, 0.3) is 0 Å². The van der Waals surface area contributed by atoms with Crippen LogP contribution in [0.5, 0.6) is 0 Å². The molecule has 0 heterocycles. The highest BCUT2D eigenvalue weighted by Gasteiger charge is 2.09. The molecule has 2 aromatic rings. The molecule has 0 aliphatic rings. The van der Waals surface area contributed by atoms with Crippen LogP contribution in [0.4, 0.5) is 5.69 Å². The van der Waals surface area contributed by atoms with Gasteiger partial charge in [0.2, 0.25) is 5.91 Å². The summed E-state index contributed by atoms with van der Waals surface area (Å²) in [7, 11) is -3.25. The van der Waals surface area contributed by atoms with E-state index >= 15 is 0 Å². The van der Waals surface area contributed by atoms with Gasteiger partial charge < -0.3 is 5.32 Å². The molecule has 0 aliphatic carbocycles. The fraction of sp³-hybridized carbons (Fsp3) is 0.133. The van der Waals surface area contributed by atoms with Crippen LogP contribution >= 0.6 is 35.0 Å². The largest absolute Gasteiger partial charge is 0.325 e. The molecule has 1 amide bonds. The molecule has 0 bridgehead atoms. The summed E-state index contributed by atoms with van der Waals surface area (Å²) in [5.74, 6) is -0.0633. The van der Waals surface area contributed by atoms with E-state index in [1.54, 1.807) is 30.3 Å². The van der Waals surface area contributed by atoms with Crippen LogP contribution < -0.4 is 5.32 Å². The second kappa shape index (κ2) is 7.57. The van der Waals surface area contributed by atoms with Crippen LogP contribution in [0.15, 0.2) is 52.3 Å². The van der Waals surface area contributed by atoms with E-state index in [-0.39, 0.29) is 16.6 Å². The lowest BCUT2D eigenvalue weighted by Gasteiger charge is -2.07.